The van der Waals surface area contributed by atoms with Crippen LogP contribution >= 0.6 is 0 Å². The van der Waals surface area contributed by atoms with Gasteiger partial charge < -0.3 is 9.16 Å². The molecule has 0 aliphatic carbocycles. The average molecular weight is 355 g/mol. The van der Waals surface area contributed by atoms with Crippen LogP contribution in [0.5, 0.6) is 0 Å². The minimum absolute atomic E-state index is 0.282. The number of carbonyl (C=O) groups excluding carboxylic acids is 1. The molecule has 0 saturated carbocycles. The van der Waals surface area contributed by atoms with Gasteiger partial charge in [0.15, 0.2) is 9.04 Å². The van der Waals surface area contributed by atoms with Gasteiger partial charge in [-0.2, -0.15) is 0 Å². The zero-order valence-corrected chi connectivity index (χ0v) is 16.1. The molecule has 0 aliphatic rings. The molecule has 0 saturated heterocycles. The second-order valence-electron chi connectivity index (χ2n) is 6.13. The van der Waals surface area contributed by atoms with Crippen molar-refractivity contribution in [2.75, 3.05) is 13.7 Å². The summed E-state index contributed by atoms with van der Waals surface area (Å²) in [5, 5.41) is 0. The van der Waals surface area contributed by atoms with Gasteiger partial charge in [-0.3, -0.25) is 0 Å². The Bertz CT molecular complexity index is 631. The zero-order chi connectivity index (χ0) is 18.1. The standard InChI is InChI=1S/C21H26O3Si/c1-17(2)21(22)24-15-10-16-25(23-3)20(18-11-6-4-7-12-18)19-13-8-5-9-14-19/h4-9,11-14,20,25H,1,10,15-16H2,2-3H3. The van der Waals surface area contributed by atoms with Gasteiger partial charge in [0, 0.05) is 18.2 Å². The van der Waals surface area contributed by atoms with Crippen LogP contribution in [-0.4, -0.2) is 28.7 Å². The van der Waals surface area contributed by atoms with E-state index in [2.05, 4.69) is 55.1 Å². The predicted octanol–water partition coefficient (Wildman–Crippen LogP) is 4.24. The number of carbonyl (C=O) groups is 1. The summed E-state index contributed by atoms with van der Waals surface area (Å²) in [5.74, 6) is -0.321. The van der Waals surface area contributed by atoms with Crippen LogP contribution in [0.3, 0.4) is 0 Å². The number of benzene rings is 2. The summed E-state index contributed by atoms with van der Waals surface area (Å²) >= 11 is 0. The molecule has 0 spiro atoms. The van der Waals surface area contributed by atoms with Crippen LogP contribution in [0.2, 0.25) is 6.04 Å². The first kappa shape index (κ1) is 19.2. The SMILES string of the molecule is C=C(C)C(=O)OCCC[SiH](OC)C(c1ccccc1)c1ccccc1. The van der Waals surface area contributed by atoms with E-state index >= 15 is 0 Å². The summed E-state index contributed by atoms with van der Waals surface area (Å²) in [4.78, 5) is 11.5. The van der Waals surface area contributed by atoms with Gasteiger partial charge in [0.2, 0.25) is 0 Å². The summed E-state index contributed by atoms with van der Waals surface area (Å²) in [5.41, 5.74) is 3.29. The normalized spacial score (nSPS) is 12.0. The third-order valence-electron chi connectivity index (χ3n) is 4.21. The van der Waals surface area contributed by atoms with E-state index in [1.54, 1.807) is 14.0 Å². The quantitative estimate of drug-likeness (QED) is 0.292. The van der Waals surface area contributed by atoms with Gasteiger partial charge >= 0.3 is 5.97 Å². The van der Waals surface area contributed by atoms with Crippen LogP contribution in [0.15, 0.2) is 72.8 Å². The second-order valence-corrected chi connectivity index (χ2v) is 8.92. The highest BCUT2D eigenvalue weighted by Crippen LogP contribution is 2.29. The number of esters is 1. The van der Waals surface area contributed by atoms with Gasteiger partial charge in [0.25, 0.3) is 0 Å². The van der Waals surface area contributed by atoms with E-state index in [4.69, 9.17) is 9.16 Å². The molecule has 0 fully saturated rings. The van der Waals surface area contributed by atoms with Crippen molar-refractivity contribution < 1.29 is 14.0 Å². The van der Waals surface area contributed by atoms with Crippen molar-refractivity contribution in [2.45, 2.75) is 24.9 Å². The van der Waals surface area contributed by atoms with Crippen molar-refractivity contribution in [1.29, 1.82) is 0 Å². The third-order valence-corrected chi connectivity index (χ3v) is 7.30. The minimum Gasteiger partial charge on any atom is -0.462 e. The molecule has 0 bridgehead atoms. The molecule has 2 rings (SSSR count). The highest BCUT2D eigenvalue weighted by molar-refractivity contribution is 6.54. The van der Waals surface area contributed by atoms with Crippen LogP contribution in [-0.2, 0) is 14.0 Å². The number of hydrogen-bond donors (Lipinski definition) is 0. The van der Waals surface area contributed by atoms with E-state index in [9.17, 15) is 4.79 Å². The minimum atomic E-state index is -1.58. The van der Waals surface area contributed by atoms with Crippen molar-refractivity contribution in [1.82, 2.24) is 0 Å². The first-order valence-electron chi connectivity index (χ1n) is 8.58. The second kappa shape index (κ2) is 9.96. The first-order chi connectivity index (χ1) is 12.1. The fourth-order valence-corrected chi connectivity index (χ4v) is 5.65. The van der Waals surface area contributed by atoms with Gasteiger partial charge in [0.05, 0.1) is 6.61 Å². The van der Waals surface area contributed by atoms with E-state index in [-0.39, 0.29) is 11.5 Å². The smallest absolute Gasteiger partial charge is 0.333 e. The molecule has 1 unspecified atom stereocenters. The Morgan fingerprint density at radius 1 is 1.04 bits per heavy atom. The molecule has 0 radical (unpaired) electrons. The van der Waals surface area contributed by atoms with Crippen LogP contribution < -0.4 is 0 Å². The molecule has 0 aliphatic heterocycles. The van der Waals surface area contributed by atoms with Gasteiger partial charge in [-0.15, -0.1) is 0 Å². The molecule has 1 atom stereocenters. The van der Waals surface area contributed by atoms with E-state index in [1.165, 1.54) is 11.1 Å². The number of rotatable bonds is 9. The fourth-order valence-electron chi connectivity index (χ4n) is 2.94. The molecule has 4 heteroatoms. The molecule has 0 heterocycles. The average Bonchev–Trinajstić information content (AvgIpc) is 2.65. The van der Waals surface area contributed by atoms with E-state index in [1.807, 2.05) is 12.1 Å². The lowest BCUT2D eigenvalue weighted by Gasteiger charge is -2.25. The molecule has 3 nitrogen and oxygen atoms in total. The molecule has 132 valence electrons. The van der Waals surface area contributed by atoms with Crippen molar-refractivity contribution in [3.8, 4) is 0 Å². The lowest BCUT2D eigenvalue weighted by atomic mass is 10.0. The van der Waals surface area contributed by atoms with Gasteiger partial charge in [0.1, 0.15) is 0 Å². The highest BCUT2D eigenvalue weighted by atomic mass is 28.3. The summed E-state index contributed by atoms with van der Waals surface area (Å²) < 4.78 is 11.2. The van der Waals surface area contributed by atoms with E-state index in [0.29, 0.717) is 12.2 Å². The predicted molar refractivity (Wildman–Crippen MR) is 104 cm³/mol. The first-order valence-corrected chi connectivity index (χ1v) is 10.5. The molecule has 25 heavy (non-hydrogen) atoms. The van der Waals surface area contributed by atoms with Crippen LogP contribution in [0.4, 0.5) is 0 Å². The molecule has 2 aromatic rings. The van der Waals surface area contributed by atoms with Crippen LogP contribution in [0.1, 0.15) is 30.0 Å². The number of hydrogen-bond acceptors (Lipinski definition) is 3. The largest absolute Gasteiger partial charge is 0.462 e. The third kappa shape index (κ3) is 5.69. The molecule has 2 aromatic carbocycles. The molecular formula is C21H26O3Si. The summed E-state index contributed by atoms with van der Waals surface area (Å²) in [6.07, 6.45) is 0.805. The topological polar surface area (TPSA) is 35.5 Å². The van der Waals surface area contributed by atoms with E-state index < -0.39 is 9.04 Å². The van der Waals surface area contributed by atoms with Gasteiger partial charge in [-0.25, -0.2) is 4.79 Å². The van der Waals surface area contributed by atoms with Crippen molar-refractivity contribution in [3.05, 3.63) is 83.9 Å². The maximum absolute atomic E-state index is 11.5. The van der Waals surface area contributed by atoms with Gasteiger partial charge in [-0.1, -0.05) is 67.2 Å². The van der Waals surface area contributed by atoms with Crippen LogP contribution in [0, 0.1) is 0 Å². The maximum Gasteiger partial charge on any atom is 0.333 e. The summed E-state index contributed by atoms with van der Waals surface area (Å²) in [6.45, 7) is 5.68. The molecule has 0 amide bonds. The zero-order valence-electron chi connectivity index (χ0n) is 15.0. The Kier molecular flexibility index (Phi) is 7.63. The highest BCUT2D eigenvalue weighted by Gasteiger charge is 2.26. The lowest BCUT2D eigenvalue weighted by Crippen LogP contribution is -2.28. The lowest BCUT2D eigenvalue weighted by molar-refractivity contribution is -0.138. The Labute approximate surface area is 152 Å². The molecule has 0 N–H and O–H groups in total. The van der Waals surface area contributed by atoms with Gasteiger partial charge in [-0.05, 0) is 30.5 Å². The van der Waals surface area contributed by atoms with Crippen LogP contribution in [0.25, 0.3) is 0 Å². The Hall–Kier alpha value is -2.17. The monoisotopic (exact) mass is 354 g/mol. The summed E-state index contributed by atoms with van der Waals surface area (Å²) in [6, 6.07) is 21.9. The maximum atomic E-state index is 11.5. The Balaban J connectivity index is 2.09. The Morgan fingerprint density at radius 3 is 2.00 bits per heavy atom. The summed E-state index contributed by atoms with van der Waals surface area (Å²) in [7, 11) is 0.219. The molecule has 0 aromatic heterocycles. The number of ether oxygens (including phenoxy) is 1. The van der Waals surface area contributed by atoms with Crippen molar-refractivity contribution in [2.24, 2.45) is 0 Å². The van der Waals surface area contributed by atoms with Crippen molar-refractivity contribution in [3.63, 3.8) is 0 Å². The van der Waals surface area contributed by atoms with Crippen molar-refractivity contribution >= 4 is 15.0 Å². The van der Waals surface area contributed by atoms with E-state index in [0.717, 1.165) is 12.5 Å². The Morgan fingerprint density at radius 2 is 1.56 bits per heavy atom. The fraction of sp³-hybridized carbons (Fsp3) is 0.286. The molecular weight excluding hydrogens is 328 g/mol.